The van der Waals surface area contributed by atoms with Crippen molar-refractivity contribution >= 4 is 29.2 Å². The first-order valence-corrected chi connectivity index (χ1v) is 7.16. The molecule has 1 aromatic heterocycles. The molecule has 1 aromatic rings. The predicted octanol–water partition coefficient (Wildman–Crippen LogP) is 1.14. The molecule has 1 unspecified atom stereocenters. The third-order valence-corrected chi connectivity index (χ3v) is 3.83. The quantitative estimate of drug-likeness (QED) is 0.904. The molecule has 2 rings (SSSR count). The summed E-state index contributed by atoms with van der Waals surface area (Å²) in [6.07, 6.45) is 2.80. The van der Waals surface area contributed by atoms with Crippen LogP contribution in [0.25, 0.3) is 0 Å². The van der Waals surface area contributed by atoms with Crippen molar-refractivity contribution in [1.82, 2.24) is 9.88 Å². The van der Waals surface area contributed by atoms with Crippen LogP contribution in [0.5, 0.6) is 0 Å². The van der Waals surface area contributed by atoms with Gasteiger partial charge in [-0.2, -0.15) is 0 Å². The predicted molar refractivity (Wildman–Crippen MR) is 81.4 cm³/mol. The zero-order valence-corrected chi connectivity index (χ0v) is 12.9. The fraction of sp³-hybridized carbons (Fsp3) is 0.500. The molecule has 2 N–H and O–H groups in total. The van der Waals surface area contributed by atoms with Gasteiger partial charge in [0.2, 0.25) is 5.91 Å². The number of nitrogens with zero attached hydrogens (tertiary/aromatic N) is 3. The van der Waals surface area contributed by atoms with E-state index in [1.54, 1.807) is 20.2 Å². The first kappa shape index (κ1) is 15.6. The van der Waals surface area contributed by atoms with Gasteiger partial charge in [0.25, 0.3) is 5.91 Å². The number of primary amides is 1. The molecule has 7 heteroatoms. The Morgan fingerprint density at radius 2 is 2.24 bits per heavy atom. The van der Waals surface area contributed by atoms with Gasteiger partial charge in [0.05, 0.1) is 10.6 Å². The summed E-state index contributed by atoms with van der Waals surface area (Å²) in [4.78, 5) is 30.6. The number of aromatic nitrogens is 1. The molecule has 2 amide bonds. The fourth-order valence-electron chi connectivity index (χ4n) is 2.51. The van der Waals surface area contributed by atoms with Crippen LogP contribution in [0.1, 0.15) is 23.2 Å². The highest BCUT2D eigenvalue weighted by molar-refractivity contribution is 6.33. The minimum atomic E-state index is -0.284. The number of hydrogen-bond donors (Lipinski definition) is 1. The molecule has 21 heavy (non-hydrogen) atoms. The van der Waals surface area contributed by atoms with Crippen molar-refractivity contribution in [3.05, 3.63) is 22.8 Å². The maximum absolute atomic E-state index is 11.9. The number of anilines is 1. The molecule has 1 fully saturated rings. The SMILES string of the molecule is CN(C)C(=O)c1cnc(N2CCC(CC(N)=O)C2)c(Cl)c1. The van der Waals surface area contributed by atoms with Crippen molar-refractivity contribution in [3.63, 3.8) is 0 Å². The summed E-state index contributed by atoms with van der Waals surface area (Å²) in [7, 11) is 3.36. The Balaban J connectivity index is 2.12. The Labute approximate surface area is 128 Å². The Bertz CT molecular complexity index is 562. The molecule has 1 aliphatic rings. The third kappa shape index (κ3) is 3.64. The normalized spacial score (nSPS) is 17.9. The second-order valence-electron chi connectivity index (χ2n) is 5.50. The van der Waals surface area contributed by atoms with E-state index in [4.69, 9.17) is 17.3 Å². The minimum Gasteiger partial charge on any atom is -0.370 e. The van der Waals surface area contributed by atoms with Gasteiger partial charge in [-0.3, -0.25) is 9.59 Å². The van der Waals surface area contributed by atoms with Crippen molar-refractivity contribution in [2.45, 2.75) is 12.8 Å². The van der Waals surface area contributed by atoms with Gasteiger partial charge in [-0.15, -0.1) is 0 Å². The smallest absolute Gasteiger partial charge is 0.254 e. The zero-order valence-electron chi connectivity index (χ0n) is 12.2. The summed E-state index contributed by atoms with van der Waals surface area (Å²) in [5.41, 5.74) is 5.69. The van der Waals surface area contributed by atoms with Crippen LogP contribution < -0.4 is 10.6 Å². The lowest BCUT2D eigenvalue weighted by Crippen LogP contribution is -2.24. The highest BCUT2D eigenvalue weighted by Gasteiger charge is 2.26. The number of hydrogen-bond acceptors (Lipinski definition) is 4. The molecular formula is C14H19ClN4O2. The lowest BCUT2D eigenvalue weighted by atomic mass is 10.1. The Morgan fingerprint density at radius 1 is 1.52 bits per heavy atom. The molecule has 114 valence electrons. The molecule has 2 heterocycles. The average Bonchev–Trinajstić information content (AvgIpc) is 2.84. The second-order valence-corrected chi connectivity index (χ2v) is 5.91. The van der Waals surface area contributed by atoms with Gasteiger partial charge in [0.1, 0.15) is 5.82 Å². The van der Waals surface area contributed by atoms with Crippen LogP contribution in [-0.4, -0.2) is 48.9 Å². The number of carbonyl (C=O) groups excluding carboxylic acids is 2. The lowest BCUT2D eigenvalue weighted by Gasteiger charge is -2.19. The Kier molecular flexibility index (Phi) is 4.67. The summed E-state index contributed by atoms with van der Waals surface area (Å²) < 4.78 is 0. The van der Waals surface area contributed by atoms with Gasteiger partial charge in [-0.1, -0.05) is 11.6 Å². The molecule has 1 aliphatic heterocycles. The van der Waals surface area contributed by atoms with E-state index in [2.05, 4.69) is 4.98 Å². The van der Waals surface area contributed by atoms with E-state index in [0.717, 1.165) is 13.0 Å². The maximum atomic E-state index is 11.9. The first-order chi connectivity index (χ1) is 9.88. The standard InChI is InChI=1S/C14H19ClN4O2/c1-18(2)14(21)10-6-11(15)13(17-7-10)19-4-3-9(8-19)5-12(16)20/h6-7,9H,3-5,8H2,1-2H3,(H2,16,20). The molecule has 1 atom stereocenters. The van der Waals surface area contributed by atoms with Crippen molar-refractivity contribution < 1.29 is 9.59 Å². The molecular weight excluding hydrogens is 292 g/mol. The molecule has 0 bridgehead atoms. The molecule has 0 spiro atoms. The number of amides is 2. The summed E-state index contributed by atoms with van der Waals surface area (Å²) >= 11 is 6.25. The fourth-order valence-corrected chi connectivity index (χ4v) is 2.80. The summed E-state index contributed by atoms with van der Waals surface area (Å²) in [5, 5.41) is 0.447. The monoisotopic (exact) mass is 310 g/mol. The van der Waals surface area contributed by atoms with E-state index in [1.807, 2.05) is 4.90 Å². The van der Waals surface area contributed by atoms with E-state index < -0.39 is 0 Å². The van der Waals surface area contributed by atoms with Gasteiger partial charge in [-0.25, -0.2) is 4.98 Å². The molecule has 6 nitrogen and oxygen atoms in total. The van der Waals surface area contributed by atoms with Crippen LogP contribution in [0.4, 0.5) is 5.82 Å². The van der Waals surface area contributed by atoms with E-state index in [-0.39, 0.29) is 17.7 Å². The maximum Gasteiger partial charge on any atom is 0.254 e. The van der Waals surface area contributed by atoms with Gasteiger partial charge in [0, 0.05) is 39.8 Å². The molecule has 0 radical (unpaired) electrons. The Hall–Kier alpha value is -1.82. The minimum absolute atomic E-state index is 0.135. The van der Waals surface area contributed by atoms with E-state index >= 15 is 0 Å². The number of nitrogens with two attached hydrogens (primary N) is 1. The molecule has 0 aliphatic carbocycles. The van der Waals surface area contributed by atoms with E-state index in [0.29, 0.717) is 29.4 Å². The molecule has 0 aromatic carbocycles. The third-order valence-electron chi connectivity index (χ3n) is 3.55. The zero-order chi connectivity index (χ0) is 15.6. The van der Waals surface area contributed by atoms with Crippen LogP contribution in [0.2, 0.25) is 5.02 Å². The molecule has 0 saturated carbocycles. The largest absolute Gasteiger partial charge is 0.370 e. The summed E-state index contributed by atoms with van der Waals surface area (Å²) in [6, 6.07) is 1.63. The van der Waals surface area contributed by atoms with Gasteiger partial charge in [-0.05, 0) is 18.4 Å². The van der Waals surface area contributed by atoms with Crippen LogP contribution in [0.15, 0.2) is 12.3 Å². The van der Waals surface area contributed by atoms with Crippen molar-refractivity contribution in [2.75, 3.05) is 32.1 Å². The van der Waals surface area contributed by atoms with Gasteiger partial charge >= 0.3 is 0 Å². The van der Waals surface area contributed by atoms with Crippen LogP contribution >= 0.6 is 11.6 Å². The highest BCUT2D eigenvalue weighted by Crippen LogP contribution is 2.30. The number of pyridine rings is 1. The van der Waals surface area contributed by atoms with E-state index in [9.17, 15) is 9.59 Å². The lowest BCUT2D eigenvalue weighted by molar-refractivity contribution is -0.118. The number of carbonyl (C=O) groups is 2. The van der Waals surface area contributed by atoms with Crippen LogP contribution in [0, 0.1) is 5.92 Å². The molecule has 1 saturated heterocycles. The van der Waals surface area contributed by atoms with Crippen LogP contribution in [-0.2, 0) is 4.79 Å². The van der Waals surface area contributed by atoms with Crippen molar-refractivity contribution in [2.24, 2.45) is 11.7 Å². The van der Waals surface area contributed by atoms with Crippen molar-refractivity contribution in [3.8, 4) is 0 Å². The summed E-state index contributed by atoms with van der Waals surface area (Å²) in [6.45, 7) is 1.49. The average molecular weight is 311 g/mol. The van der Waals surface area contributed by atoms with Crippen molar-refractivity contribution in [1.29, 1.82) is 0 Å². The van der Waals surface area contributed by atoms with Gasteiger partial charge < -0.3 is 15.5 Å². The van der Waals surface area contributed by atoms with E-state index in [1.165, 1.54) is 11.1 Å². The number of halogens is 1. The Morgan fingerprint density at radius 3 is 2.81 bits per heavy atom. The first-order valence-electron chi connectivity index (χ1n) is 6.79. The second kappa shape index (κ2) is 6.30. The topological polar surface area (TPSA) is 79.5 Å². The van der Waals surface area contributed by atoms with Crippen LogP contribution in [0.3, 0.4) is 0 Å². The highest BCUT2D eigenvalue weighted by atomic mass is 35.5. The number of rotatable bonds is 4. The summed E-state index contributed by atoms with van der Waals surface area (Å²) in [5.74, 6) is 0.471. The van der Waals surface area contributed by atoms with Gasteiger partial charge in [0.15, 0.2) is 0 Å².